The number of aliphatic hydroxyl groups excluding tert-OH is 1. The third-order valence-corrected chi connectivity index (χ3v) is 3.25. The van der Waals surface area contributed by atoms with Crippen LogP contribution in [0, 0.1) is 0 Å². The van der Waals surface area contributed by atoms with Crippen LogP contribution in [0.5, 0.6) is 0 Å². The number of pyridine rings is 1. The van der Waals surface area contributed by atoms with Gasteiger partial charge < -0.3 is 10.4 Å². The van der Waals surface area contributed by atoms with E-state index in [-0.39, 0.29) is 18.1 Å². The van der Waals surface area contributed by atoms with Gasteiger partial charge in [0.25, 0.3) is 0 Å². The molecule has 17 heavy (non-hydrogen) atoms. The zero-order valence-electron chi connectivity index (χ0n) is 10.1. The summed E-state index contributed by atoms with van der Waals surface area (Å²) in [4.78, 5) is 16.6. The molecular weight excluding hydrogens is 236 g/mol. The number of thioether (sulfide) groups is 1. The first-order chi connectivity index (χ1) is 8.03. The fourth-order valence-electron chi connectivity index (χ4n) is 1.34. The second-order valence-electron chi connectivity index (χ2n) is 4.38. The van der Waals surface area contributed by atoms with Gasteiger partial charge in [0.2, 0.25) is 5.91 Å². The molecule has 0 bridgehead atoms. The summed E-state index contributed by atoms with van der Waals surface area (Å²) < 4.78 is 0. The number of hydrogen-bond donors (Lipinski definition) is 2. The number of hydrogen-bond acceptors (Lipinski definition) is 4. The molecule has 0 aliphatic heterocycles. The van der Waals surface area contributed by atoms with Crippen molar-refractivity contribution in [2.24, 2.45) is 0 Å². The predicted octanol–water partition coefficient (Wildman–Crippen LogP) is 1.45. The van der Waals surface area contributed by atoms with Crippen molar-refractivity contribution in [3.05, 3.63) is 24.5 Å². The minimum atomic E-state index is -0.357. The minimum absolute atomic E-state index is 0.0229. The molecule has 94 valence electrons. The van der Waals surface area contributed by atoms with Crippen molar-refractivity contribution in [1.29, 1.82) is 0 Å². The van der Waals surface area contributed by atoms with E-state index in [4.69, 9.17) is 5.11 Å². The third-order valence-electron chi connectivity index (χ3n) is 2.23. The number of aliphatic hydroxyl groups is 1. The topological polar surface area (TPSA) is 62.2 Å². The minimum Gasteiger partial charge on any atom is -0.396 e. The van der Waals surface area contributed by atoms with E-state index in [1.54, 1.807) is 12.4 Å². The Balaban J connectivity index is 2.35. The number of carbonyl (C=O) groups excluding carboxylic acids is 1. The van der Waals surface area contributed by atoms with Crippen molar-refractivity contribution in [2.75, 3.05) is 12.4 Å². The molecule has 0 saturated carbocycles. The molecule has 0 fully saturated rings. The van der Waals surface area contributed by atoms with Crippen molar-refractivity contribution >= 4 is 17.7 Å². The van der Waals surface area contributed by atoms with Crippen LogP contribution < -0.4 is 5.32 Å². The Kier molecular flexibility index (Phi) is 5.44. The average Bonchev–Trinajstić information content (AvgIpc) is 2.27. The van der Waals surface area contributed by atoms with Gasteiger partial charge in [-0.3, -0.25) is 9.78 Å². The molecule has 0 radical (unpaired) electrons. The van der Waals surface area contributed by atoms with Crippen molar-refractivity contribution < 1.29 is 9.90 Å². The summed E-state index contributed by atoms with van der Waals surface area (Å²) in [5.74, 6) is 0.351. The van der Waals surface area contributed by atoms with E-state index in [0.29, 0.717) is 12.2 Å². The number of nitrogens with one attached hydrogen (secondary N) is 1. The first-order valence-corrected chi connectivity index (χ1v) is 6.47. The molecular formula is C12H18N2O2S. The Morgan fingerprint density at radius 2 is 2.12 bits per heavy atom. The first kappa shape index (κ1) is 14.0. The molecule has 1 aromatic rings. The molecule has 0 spiro atoms. The summed E-state index contributed by atoms with van der Waals surface area (Å²) in [6.07, 6.45) is 3.96. The zero-order chi connectivity index (χ0) is 12.7. The van der Waals surface area contributed by atoms with Crippen molar-refractivity contribution in [3.8, 4) is 0 Å². The molecule has 4 nitrogen and oxygen atoms in total. The van der Waals surface area contributed by atoms with Gasteiger partial charge in [-0.1, -0.05) is 0 Å². The molecule has 0 aliphatic carbocycles. The van der Waals surface area contributed by atoms with Gasteiger partial charge in [0.05, 0.1) is 5.75 Å². The number of amides is 1. The molecule has 5 heteroatoms. The van der Waals surface area contributed by atoms with Crippen LogP contribution in [0.15, 0.2) is 29.4 Å². The van der Waals surface area contributed by atoms with Gasteiger partial charge in [-0.25, -0.2) is 0 Å². The summed E-state index contributed by atoms with van der Waals surface area (Å²) in [5, 5.41) is 11.8. The van der Waals surface area contributed by atoms with E-state index in [2.05, 4.69) is 10.3 Å². The fraction of sp³-hybridized carbons (Fsp3) is 0.500. The van der Waals surface area contributed by atoms with Crippen molar-refractivity contribution in [3.63, 3.8) is 0 Å². The molecule has 0 aromatic carbocycles. The van der Waals surface area contributed by atoms with E-state index in [0.717, 1.165) is 4.90 Å². The third kappa shape index (κ3) is 5.70. The summed E-state index contributed by atoms with van der Waals surface area (Å²) in [7, 11) is 0. The smallest absolute Gasteiger partial charge is 0.230 e. The van der Waals surface area contributed by atoms with Crippen LogP contribution >= 0.6 is 11.8 Å². The zero-order valence-corrected chi connectivity index (χ0v) is 11.0. The molecule has 1 amide bonds. The quantitative estimate of drug-likeness (QED) is 0.754. The summed E-state index contributed by atoms with van der Waals surface area (Å²) >= 11 is 1.47. The maximum Gasteiger partial charge on any atom is 0.230 e. The molecule has 1 aromatic heterocycles. The summed E-state index contributed by atoms with van der Waals surface area (Å²) in [6.45, 7) is 3.88. The highest BCUT2D eigenvalue weighted by molar-refractivity contribution is 8.00. The van der Waals surface area contributed by atoms with Gasteiger partial charge in [0.15, 0.2) is 0 Å². The van der Waals surface area contributed by atoms with E-state index in [1.165, 1.54) is 11.8 Å². The van der Waals surface area contributed by atoms with E-state index >= 15 is 0 Å². The van der Waals surface area contributed by atoms with Crippen molar-refractivity contribution in [2.45, 2.75) is 30.7 Å². The van der Waals surface area contributed by atoms with Crippen LogP contribution in [0.1, 0.15) is 20.3 Å². The second-order valence-corrected chi connectivity index (χ2v) is 5.43. The molecule has 0 saturated heterocycles. The fourth-order valence-corrected chi connectivity index (χ4v) is 2.02. The lowest BCUT2D eigenvalue weighted by molar-refractivity contribution is -0.120. The van der Waals surface area contributed by atoms with E-state index in [9.17, 15) is 4.79 Å². The maximum atomic E-state index is 11.7. The van der Waals surface area contributed by atoms with Crippen LogP contribution in [0.4, 0.5) is 0 Å². The Bertz CT molecular complexity index is 355. The lowest BCUT2D eigenvalue weighted by atomic mass is 10.0. The van der Waals surface area contributed by atoms with E-state index < -0.39 is 0 Å². The highest BCUT2D eigenvalue weighted by Gasteiger charge is 2.19. The van der Waals surface area contributed by atoms with Gasteiger partial charge in [-0.2, -0.15) is 0 Å². The average molecular weight is 254 g/mol. The molecule has 0 atom stereocenters. The Morgan fingerprint density at radius 3 is 2.71 bits per heavy atom. The van der Waals surface area contributed by atoms with Crippen molar-refractivity contribution in [1.82, 2.24) is 10.3 Å². The SMILES string of the molecule is CC(C)(CCO)NC(=O)CSc1ccncc1. The molecule has 0 unspecified atom stereocenters. The second kappa shape index (κ2) is 6.61. The van der Waals surface area contributed by atoms with Gasteiger partial charge in [-0.15, -0.1) is 11.8 Å². The Hall–Kier alpha value is -1.07. The lowest BCUT2D eigenvalue weighted by Gasteiger charge is -2.25. The normalized spacial score (nSPS) is 11.2. The molecule has 1 rings (SSSR count). The number of nitrogens with zero attached hydrogens (tertiary/aromatic N) is 1. The monoisotopic (exact) mass is 254 g/mol. The Labute approximate surface area is 106 Å². The Morgan fingerprint density at radius 1 is 1.47 bits per heavy atom. The van der Waals surface area contributed by atoms with Crippen LogP contribution in [-0.2, 0) is 4.79 Å². The van der Waals surface area contributed by atoms with Gasteiger partial charge in [0, 0.05) is 29.4 Å². The van der Waals surface area contributed by atoms with Gasteiger partial charge >= 0.3 is 0 Å². The first-order valence-electron chi connectivity index (χ1n) is 5.48. The number of rotatable bonds is 6. The molecule has 0 aliphatic rings. The lowest BCUT2D eigenvalue weighted by Crippen LogP contribution is -2.44. The van der Waals surface area contributed by atoms with Crippen LogP contribution in [-0.4, -0.2) is 33.9 Å². The molecule has 1 heterocycles. The highest BCUT2D eigenvalue weighted by Crippen LogP contribution is 2.16. The van der Waals surface area contributed by atoms with Crippen LogP contribution in [0.25, 0.3) is 0 Å². The standard InChI is InChI=1S/C12H18N2O2S/c1-12(2,5-8-15)14-11(16)9-17-10-3-6-13-7-4-10/h3-4,6-7,15H,5,8-9H2,1-2H3,(H,14,16). The van der Waals surface area contributed by atoms with Crippen LogP contribution in [0.3, 0.4) is 0 Å². The summed E-state index contributed by atoms with van der Waals surface area (Å²) in [6, 6.07) is 3.74. The summed E-state index contributed by atoms with van der Waals surface area (Å²) in [5.41, 5.74) is -0.357. The number of carbonyl (C=O) groups is 1. The highest BCUT2D eigenvalue weighted by atomic mass is 32.2. The number of aromatic nitrogens is 1. The predicted molar refractivity (Wildman–Crippen MR) is 68.9 cm³/mol. The largest absolute Gasteiger partial charge is 0.396 e. The van der Waals surface area contributed by atoms with Crippen LogP contribution in [0.2, 0.25) is 0 Å². The van der Waals surface area contributed by atoms with Gasteiger partial charge in [-0.05, 0) is 32.4 Å². The van der Waals surface area contributed by atoms with E-state index in [1.807, 2.05) is 26.0 Å². The van der Waals surface area contributed by atoms with Gasteiger partial charge in [0.1, 0.15) is 0 Å². The maximum absolute atomic E-state index is 11.7. The molecule has 2 N–H and O–H groups in total.